The van der Waals surface area contributed by atoms with Crippen molar-refractivity contribution in [3.05, 3.63) is 48.4 Å². The normalized spacial score (nSPS) is 10.4. The molecule has 3 aromatic rings. The molecule has 0 bridgehead atoms. The Labute approximate surface area is 114 Å². The van der Waals surface area contributed by atoms with E-state index in [1.165, 1.54) is 6.26 Å². The van der Waals surface area contributed by atoms with Gasteiger partial charge >= 0.3 is 0 Å². The van der Waals surface area contributed by atoms with Gasteiger partial charge in [-0.2, -0.15) is 0 Å². The number of fused-ring (bicyclic) bond motifs is 1. The number of anilines is 2. The van der Waals surface area contributed by atoms with Crippen LogP contribution in [0.3, 0.4) is 0 Å². The summed E-state index contributed by atoms with van der Waals surface area (Å²) in [7, 11) is 1.80. The third-order valence-electron chi connectivity index (χ3n) is 2.96. The zero-order valence-electron chi connectivity index (χ0n) is 10.8. The molecule has 3 rings (SSSR count). The van der Waals surface area contributed by atoms with Gasteiger partial charge in [-0.15, -0.1) is 0 Å². The molecular formula is C14H12N4O2. The average Bonchev–Trinajstić information content (AvgIpc) is 2.99. The molecule has 6 heteroatoms. The van der Waals surface area contributed by atoms with Crippen LogP contribution in [-0.4, -0.2) is 23.1 Å². The van der Waals surface area contributed by atoms with E-state index in [1.54, 1.807) is 19.3 Å². The van der Waals surface area contributed by atoms with E-state index in [0.717, 1.165) is 16.6 Å². The van der Waals surface area contributed by atoms with E-state index >= 15 is 0 Å². The van der Waals surface area contributed by atoms with Crippen LogP contribution in [0.2, 0.25) is 0 Å². The van der Waals surface area contributed by atoms with Crippen LogP contribution in [0.25, 0.3) is 10.8 Å². The van der Waals surface area contributed by atoms with Gasteiger partial charge in [-0.1, -0.05) is 29.4 Å². The van der Waals surface area contributed by atoms with E-state index < -0.39 is 0 Å². The van der Waals surface area contributed by atoms with E-state index in [0.29, 0.717) is 11.4 Å². The number of hydrogen-bond acceptors (Lipinski definition) is 5. The van der Waals surface area contributed by atoms with Crippen molar-refractivity contribution in [3.63, 3.8) is 0 Å². The van der Waals surface area contributed by atoms with Gasteiger partial charge in [0.1, 0.15) is 12.1 Å². The van der Waals surface area contributed by atoms with Crippen LogP contribution in [0, 0.1) is 0 Å². The number of rotatable bonds is 3. The summed E-state index contributed by atoms with van der Waals surface area (Å²) in [6.07, 6.45) is 2.94. The highest BCUT2D eigenvalue weighted by atomic mass is 16.5. The SMILES string of the molecule is CNc1ncc(C(=O)Nc2ccon2)c2ccccc12. The topological polar surface area (TPSA) is 80.0 Å². The number of carbonyl (C=O) groups is 1. The van der Waals surface area contributed by atoms with Crippen molar-refractivity contribution in [1.82, 2.24) is 10.1 Å². The summed E-state index contributed by atoms with van der Waals surface area (Å²) in [6.45, 7) is 0. The van der Waals surface area contributed by atoms with Crippen LogP contribution in [0.1, 0.15) is 10.4 Å². The number of nitrogens with one attached hydrogen (secondary N) is 2. The van der Waals surface area contributed by atoms with Crippen molar-refractivity contribution in [3.8, 4) is 0 Å². The standard InChI is InChI=1S/C14H12N4O2/c1-15-13-10-5-3-2-4-9(10)11(8-16-13)14(19)17-12-6-7-20-18-12/h2-8H,1H3,(H,15,16)(H,17,18,19). The van der Waals surface area contributed by atoms with Gasteiger partial charge in [0.25, 0.3) is 5.91 Å². The van der Waals surface area contributed by atoms with E-state index in [2.05, 4.69) is 25.3 Å². The lowest BCUT2D eigenvalue weighted by Crippen LogP contribution is -2.13. The van der Waals surface area contributed by atoms with Crippen LogP contribution in [0.5, 0.6) is 0 Å². The number of amides is 1. The Morgan fingerprint density at radius 1 is 1.20 bits per heavy atom. The summed E-state index contributed by atoms with van der Waals surface area (Å²) in [5, 5.41) is 11.0. The van der Waals surface area contributed by atoms with Gasteiger partial charge in [0.15, 0.2) is 5.82 Å². The quantitative estimate of drug-likeness (QED) is 0.763. The minimum absolute atomic E-state index is 0.273. The molecule has 0 aliphatic carbocycles. The number of hydrogen-bond donors (Lipinski definition) is 2. The molecule has 0 fully saturated rings. The Morgan fingerprint density at radius 2 is 2.00 bits per heavy atom. The van der Waals surface area contributed by atoms with Gasteiger partial charge in [0.2, 0.25) is 0 Å². The third-order valence-corrected chi connectivity index (χ3v) is 2.96. The molecule has 2 heterocycles. The highest BCUT2D eigenvalue weighted by molar-refractivity contribution is 6.13. The molecule has 0 spiro atoms. The van der Waals surface area contributed by atoms with Gasteiger partial charge in [0.05, 0.1) is 5.56 Å². The lowest BCUT2D eigenvalue weighted by atomic mass is 10.1. The second-order valence-corrected chi connectivity index (χ2v) is 4.15. The number of pyridine rings is 1. The summed E-state index contributed by atoms with van der Waals surface area (Å²) in [5.74, 6) is 0.834. The highest BCUT2D eigenvalue weighted by Gasteiger charge is 2.14. The molecule has 0 aliphatic rings. The number of benzene rings is 1. The molecular weight excluding hydrogens is 256 g/mol. The van der Waals surface area contributed by atoms with Crippen molar-refractivity contribution in [2.24, 2.45) is 0 Å². The summed E-state index contributed by atoms with van der Waals surface area (Å²) in [6, 6.07) is 9.17. The lowest BCUT2D eigenvalue weighted by Gasteiger charge is -2.09. The largest absolute Gasteiger partial charge is 0.373 e. The fourth-order valence-electron chi connectivity index (χ4n) is 2.03. The van der Waals surface area contributed by atoms with Crippen LogP contribution in [-0.2, 0) is 0 Å². The van der Waals surface area contributed by atoms with Crippen LogP contribution < -0.4 is 10.6 Å². The van der Waals surface area contributed by atoms with E-state index in [9.17, 15) is 4.79 Å². The molecule has 100 valence electrons. The van der Waals surface area contributed by atoms with Crippen molar-refractivity contribution >= 4 is 28.3 Å². The predicted molar refractivity (Wildman–Crippen MR) is 75.7 cm³/mol. The molecule has 2 aromatic heterocycles. The fourth-order valence-corrected chi connectivity index (χ4v) is 2.03. The van der Waals surface area contributed by atoms with Crippen LogP contribution in [0.4, 0.5) is 11.6 Å². The molecule has 0 radical (unpaired) electrons. The highest BCUT2D eigenvalue weighted by Crippen LogP contribution is 2.24. The molecule has 2 N–H and O–H groups in total. The first-order valence-electron chi connectivity index (χ1n) is 6.07. The van der Waals surface area contributed by atoms with Crippen LogP contribution >= 0.6 is 0 Å². The van der Waals surface area contributed by atoms with E-state index in [1.807, 2.05) is 24.3 Å². The molecule has 0 unspecified atom stereocenters. The van der Waals surface area contributed by atoms with Gasteiger partial charge in [-0.3, -0.25) is 4.79 Å². The van der Waals surface area contributed by atoms with Gasteiger partial charge in [-0.25, -0.2) is 4.98 Å². The molecule has 0 saturated carbocycles. The van der Waals surface area contributed by atoms with Crippen molar-refractivity contribution < 1.29 is 9.32 Å². The Bertz CT molecular complexity index is 753. The van der Waals surface area contributed by atoms with E-state index in [-0.39, 0.29) is 5.91 Å². The molecule has 0 atom stereocenters. The second kappa shape index (κ2) is 5.00. The minimum Gasteiger partial charge on any atom is -0.373 e. The average molecular weight is 268 g/mol. The monoisotopic (exact) mass is 268 g/mol. The zero-order chi connectivity index (χ0) is 13.9. The molecule has 6 nitrogen and oxygen atoms in total. The number of aromatic nitrogens is 2. The van der Waals surface area contributed by atoms with Gasteiger partial charge in [0, 0.05) is 24.7 Å². The number of carbonyl (C=O) groups excluding carboxylic acids is 1. The fraction of sp³-hybridized carbons (Fsp3) is 0.0714. The first kappa shape index (κ1) is 12.2. The zero-order valence-corrected chi connectivity index (χ0v) is 10.8. The summed E-state index contributed by atoms with van der Waals surface area (Å²) < 4.78 is 4.68. The van der Waals surface area contributed by atoms with Crippen molar-refractivity contribution in [2.45, 2.75) is 0 Å². The smallest absolute Gasteiger partial charge is 0.259 e. The predicted octanol–water partition coefficient (Wildman–Crippen LogP) is 2.52. The Kier molecular flexibility index (Phi) is 3.04. The first-order valence-corrected chi connectivity index (χ1v) is 6.07. The minimum atomic E-state index is -0.273. The Balaban J connectivity index is 2.05. The second-order valence-electron chi connectivity index (χ2n) is 4.15. The van der Waals surface area contributed by atoms with Gasteiger partial charge < -0.3 is 15.2 Å². The molecule has 0 saturated heterocycles. The summed E-state index contributed by atoms with van der Waals surface area (Å²) >= 11 is 0. The maximum Gasteiger partial charge on any atom is 0.259 e. The summed E-state index contributed by atoms with van der Waals surface area (Å²) in [4.78, 5) is 16.5. The van der Waals surface area contributed by atoms with Gasteiger partial charge in [-0.05, 0) is 5.39 Å². The molecule has 0 aliphatic heterocycles. The number of nitrogens with zero attached hydrogens (tertiary/aromatic N) is 2. The molecule has 20 heavy (non-hydrogen) atoms. The van der Waals surface area contributed by atoms with Crippen molar-refractivity contribution in [2.75, 3.05) is 17.7 Å². The summed E-state index contributed by atoms with van der Waals surface area (Å²) in [5.41, 5.74) is 0.489. The maximum atomic E-state index is 12.3. The third kappa shape index (κ3) is 2.07. The maximum absolute atomic E-state index is 12.3. The van der Waals surface area contributed by atoms with Crippen LogP contribution in [0.15, 0.2) is 47.3 Å². The lowest BCUT2D eigenvalue weighted by molar-refractivity contribution is 0.102. The molecule has 1 amide bonds. The first-order chi connectivity index (χ1) is 9.79. The molecule has 1 aromatic carbocycles. The Hall–Kier alpha value is -2.89. The van der Waals surface area contributed by atoms with E-state index in [4.69, 9.17) is 0 Å². The van der Waals surface area contributed by atoms with Crippen molar-refractivity contribution in [1.29, 1.82) is 0 Å². The Morgan fingerprint density at radius 3 is 2.70 bits per heavy atom.